The second-order valence-corrected chi connectivity index (χ2v) is 10.1. The van der Waals surface area contributed by atoms with E-state index in [1.165, 1.54) is 17.0 Å². The molecule has 1 aliphatic rings. The molecule has 2 aromatic carbocycles. The molecule has 0 radical (unpaired) electrons. The minimum Gasteiger partial charge on any atom is -0.352 e. The Hall–Kier alpha value is -3.06. The van der Waals surface area contributed by atoms with Crippen molar-refractivity contribution in [3.05, 3.63) is 70.0 Å². The molecule has 0 bridgehead atoms. The number of nitrogens with one attached hydrogen (secondary N) is 2. The summed E-state index contributed by atoms with van der Waals surface area (Å²) < 4.78 is 92.8. The normalized spacial score (nSPS) is 17.7. The highest BCUT2D eigenvalue weighted by atomic mass is 35.5. The van der Waals surface area contributed by atoms with Gasteiger partial charge in [-0.15, -0.1) is 12.4 Å². The second kappa shape index (κ2) is 13.7. The van der Waals surface area contributed by atoms with E-state index in [2.05, 4.69) is 10.6 Å². The summed E-state index contributed by atoms with van der Waals surface area (Å²) in [5, 5.41) is 5.53. The van der Waals surface area contributed by atoms with E-state index in [0.717, 1.165) is 0 Å². The van der Waals surface area contributed by atoms with E-state index in [0.29, 0.717) is 36.1 Å². The number of benzene rings is 2. The van der Waals surface area contributed by atoms with Crippen molar-refractivity contribution in [1.29, 1.82) is 0 Å². The fraction of sp³-hybridized carbons (Fsp3) is 0.481. The van der Waals surface area contributed by atoms with Crippen molar-refractivity contribution in [1.82, 2.24) is 20.4 Å². The number of urea groups is 1. The summed E-state index contributed by atoms with van der Waals surface area (Å²) >= 11 is 0. The van der Waals surface area contributed by atoms with E-state index in [4.69, 9.17) is 0 Å². The van der Waals surface area contributed by atoms with Crippen LogP contribution in [0.3, 0.4) is 0 Å². The van der Waals surface area contributed by atoms with Crippen LogP contribution < -0.4 is 10.6 Å². The van der Waals surface area contributed by atoms with Gasteiger partial charge in [-0.05, 0) is 87.3 Å². The fourth-order valence-corrected chi connectivity index (χ4v) is 4.79. The number of nitrogens with zero attached hydrogens (tertiary/aromatic N) is 2. The third-order valence-electron chi connectivity index (χ3n) is 6.62. The standard InChI is InChI=1S/C27H31F7N4O2.ClH/c1-16-10-20(28)4-5-22(16)23-14-21(36-24(39)15-37(2)3)7-9-38(23)25(40)35-8-6-17-11-18(26(29,30)31)13-19(12-17)27(32,33)34;/h4-5,10-13,21,23H,6-9,14-15H2,1-3H3,(H,35,40)(H,36,39);1H. The summed E-state index contributed by atoms with van der Waals surface area (Å²) in [7, 11) is 3.50. The van der Waals surface area contributed by atoms with Crippen LogP contribution in [0, 0.1) is 12.7 Å². The highest BCUT2D eigenvalue weighted by Crippen LogP contribution is 2.37. The number of alkyl halides is 6. The first-order chi connectivity index (χ1) is 18.5. The van der Waals surface area contributed by atoms with Crippen molar-refractivity contribution in [2.45, 2.75) is 50.6 Å². The number of amides is 3. The number of rotatable bonds is 7. The molecule has 0 aliphatic carbocycles. The van der Waals surface area contributed by atoms with Gasteiger partial charge in [0.1, 0.15) is 5.82 Å². The Kier molecular flexibility index (Phi) is 11.4. The largest absolute Gasteiger partial charge is 0.416 e. The molecule has 6 nitrogen and oxygen atoms in total. The van der Waals surface area contributed by atoms with Crippen LogP contribution in [0.15, 0.2) is 36.4 Å². The molecule has 3 rings (SSSR count). The van der Waals surface area contributed by atoms with Crippen LogP contribution in [0.1, 0.15) is 46.7 Å². The Labute approximate surface area is 239 Å². The number of aryl methyl sites for hydroxylation is 1. The summed E-state index contributed by atoms with van der Waals surface area (Å²) in [5.74, 6) is -0.648. The Morgan fingerprint density at radius 3 is 2.15 bits per heavy atom. The fourth-order valence-electron chi connectivity index (χ4n) is 4.79. The van der Waals surface area contributed by atoms with Crippen molar-refractivity contribution in [2.75, 3.05) is 33.7 Å². The molecule has 3 amide bonds. The first-order valence-corrected chi connectivity index (χ1v) is 12.6. The van der Waals surface area contributed by atoms with Crippen molar-refractivity contribution in [3.63, 3.8) is 0 Å². The average Bonchev–Trinajstić information content (AvgIpc) is 2.82. The first kappa shape index (κ1) is 34.1. The molecule has 2 aromatic rings. The number of hydrogen-bond acceptors (Lipinski definition) is 3. The number of likely N-dealkylation sites (N-methyl/N-ethyl adjacent to an activating group) is 1. The molecule has 2 N–H and O–H groups in total. The van der Waals surface area contributed by atoms with Gasteiger partial charge >= 0.3 is 18.4 Å². The smallest absolute Gasteiger partial charge is 0.352 e. The summed E-state index contributed by atoms with van der Waals surface area (Å²) in [6.45, 7) is 1.86. The van der Waals surface area contributed by atoms with Gasteiger partial charge in [0.25, 0.3) is 0 Å². The second-order valence-electron chi connectivity index (χ2n) is 10.1. The van der Waals surface area contributed by atoms with E-state index in [1.807, 2.05) is 0 Å². The van der Waals surface area contributed by atoms with E-state index in [1.54, 1.807) is 32.0 Å². The number of hydrogen-bond donors (Lipinski definition) is 2. The zero-order valence-corrected chi connectivity index (χ0v) is 23.4. The quantitative estimate of drug-likeness (QED) is 0.393. The zero-order chi connectivity index (χ0) is 29.8. The van der Waals surface area contributed by atoms with Crippen LogP contribution in [0.25, 0.3) is 0 Å². The Balaban J connectivity index is 0.00000588. The van der Waals surface area contributed by atoms with Gasteiger partial charge in [-0.2, -0.15) is 26.3 Å². The summed E-state index contributed by atoms with van der Waals surface area (Å²) in [5.41, 5.74) is -1.82. The molecule has 0 aromatic heterocycles. The van der Waals surface area contributed by atoms with Crippen LogP contribution >= 0.6 is 12.4 Å². The SMILES string of the molecule is Cc1cc(F)ccc1C1CC(NC(=O)CN(C)C)CCN1C(=O)NCCc1cc(C(F)(F)F)cc(C(F)(F)F)c1.Cl. The summed E-state index contributed by atoms with van der Waals surface area (Å²) in [6, 6.07) is 4.07. The molecule has 2 atom stereocenters. The molecule has 228 valence electrons. The molecule has 1 saturated heterocycles. The van der Waals surface area contributed by atoms with Gasteiger partial charge in [0.05, 0.1) is 23.7 Å². The van der Waals surface area contributed by atoms with Crippen molar-refractivity contribution in [2.24, 2.45) is 0 Å². The van der Waals surface area contributed by atoms with Crippen molar-refractivity contribution < 1.29 is 40.3 Å². The Morgan fingerprint density at radius 2 is 1.61 bits per heavy atom. The maximum atomic E-state index is 13.8. The minimum atomic E-state index is -4.97. The first-order valence-electron chi connectivity index (χ1n) is 12.6. The maximum absolute atomic E-state index is 13.8. The Bertz CT molecular complexity index is 1190. The summed E-state index contributed by atoms with van der Waals surface area (Å²) in [4.78, 5) is 28.7. The van der Waals surface area contributed by atoms with Crippen LogP contribution in [-0.4, -0.2) is 61.5 Å². The highest BCUT2D eigenvalue weighted by Gasteiger charge is 2.37. The van der Waals surface area contributed by atoms with E-state index < -0.39 is 41.4 Å². The van der Waals surface area contributed by atoms with Gasteiger partial charge in [0, 0.05) is 19.1 Å². The molecule has 2 unspecified atom stereocenters. The monoisotopic (exact) mass is 612 g/mol. The van der Waals surface area contributed by atoms with E-state index in [-0.39, 0.29) is 62.0 Å². The van der Waals surface area contributed by atoms with Crippen LogP contribution in [0.4, 0.5) is 35.5 Å². The number of carbonyl (C=O) groups excluding carboxylic acids is 2. The van der Waals surface area contributed by atoms with E-state index in [9.17, 15) is 40.3 Å². The van der Waals surface area contributed by atoms with Crippen LogP contribution in [0.2, 0.25) is 0 Å². The zero-order valence-electron chi connectivity index (χ0n) is 22.6. The minimum absolute atomic E-state index is 0. The lowest BCUT2D eigenvalue weighted by atomic mass is 9.89. The lowest BCUT2D eigenvalue weighted by Gasteiger charge is -2.40. The van der Waals surface area contributed by atoms with Crippen LogP contribution in [-0.2, 0) is 23.6 Å². The highest BCUT2D eigenvalue weighted by molar-refractivity contribution is 5.85. The summed E-state index contributed by atoms with van der Waals surface area (Å²) in [6.07, 6.45) is -9.44. The van der Waals surface area contributed by atoms with Crippen molar-refractivity contribution in [3.8, 4) is 0 Å². The molecular weight excluding hydrogens is 581 g/mol. The average molecular weight is 613 g/mol. The van der Waals surface area contributed by atoms with E-state index >= 15 is 0 Å². The molecule has 1 aliphatic heterocycles. The van der Waals surface area contributed by atoms with Crippen LogP contribution in [0.5, 0.6) is 0 Å². The number of piperidine rings is 1. The predicted octanol–water partition coefficient (Wildman–Crippen LogP) is 5.73. The molecule has 1 heterocycles. The lowest BCUT2D eigenvalue weighted by Crippen LogP contribution is -2.52. The van der Waals surface area contributed by atoms with Gasteiger partial charge < -0.3 is 20.4 Å². The van der Waals surface area contributed by atoms with Gasteiger partial charge in [-0.3, -0.25) is 4.79 Å². The molecule has 0 spiro atoms. The maximum Gasteiger partial charge on any atom is 0.416 e. The van der Waals surface area contributed by atoms with Gasteiger partial charge in [0.15, 0.2) is 0 Å². The number of likely N-dealkylation sites (tertiary alicyclic amines) is 1. The third-order valence-corrected chi connectivity index (χ3v) is 6.62. The lowest BCUT2D eigenvalue weighted by molar-refractivity contribution is -0.143. The molecular formula is C27H32ClF7N4O2. The molecule has 1 fully saturated rings. The molecule has 14 heteroatoms. The number of halogens is 8. The number of carbonyl (C=O) groups is 2. The topological polar surface area (TPSA) is 64.7 Å². The van der Waals surface area contributed by atoms with Gasteiger partial charge in [0.2, 0.25) is 5.91 Å². The molecule has 0 saturated carbocycles. The van der Waals surface area contributed by atoms with Gasteiger partial charge in [-0.1, -0.05) is 6.07 Å². The predicted molar refractivity (Wildman–Crippen MR) is 141 cm³/mol. The Morgan fingerprint density at radius 1 is 1.00 bits per heavy atom. The third kappa shape index (κ3) is 9.49. The van der Waals surface area contributed by atoms with Gasteiger partial charge in [-0.25, -0.2) is 9.18 Å². The molecule has 41 heavy (non-hydrogen) atoms. The van der Waals surface area contributed by atoms with Crippen molar-refractivity contribution >= 4 is 24.3 Å².